The van der Waals surface area contributed by atoms with Crippen molar-refractivity contribution in [2.24, 2.45) is 5.10 Å². The Morgan fingerprint density at radius 2 is 1.62 bits per heavy atom. The van der Waals surface area contributed by atoms with Gasteiger partial charge in [0.05, 0.1) is 11.5 Å². The van der Waals surface area contributed by atoms with Gasteiger partial charge in [-0.25, -0.2) is 5.43 Å². The third-order valence-electron chi connectivity index (χ3n) is 4.62. The SMILES string of the molecule is C/C(=N\NC(=O)CSc1nnc(-c2ccc(Cl)cc2)n1-c1ccccc1)c1ccccc1. The molecule has 6 nitrogen and oxygen atoms in total. The Morgan fingerprint density at radius 1 is 0.969 bits per heavy atom. The molecule has 0 spiro atoms. The molecule has 8 heteroatoms. The van der Waals surface area contributed by atoms with E-state index in [0.29, 0.717) is 16.0 Å². The fraction of sp³-hybridized carbons (Fsp3) is 0.0833. The number of hydrazone groups is 1. The lowest BCUT2D eigenvalue weighted by molar-refractivity contribution is -0.118. The maximum Gasteiger partial charge on any atom is 0.250 e. The Morgan fingerprint density at radius 3 is 2.31 bits per heavy atom. The second-order valence-electron chi connectivity index (χ2n) is 6.87. The summed E-state index contributed by atoms with van der Waals surface area (Å²) in [7, 11) is 0. The van der Waals surface area contributed by atoms with Gasteiger partial charge in [-0.3, -0.25) is 9.36 Å². The predicted molar refractivity (Wildman–Crippen MR) is 129 cm³/mol. The molecular weight excluding hydrogens is 442 g/mol. The first kappa shape index (κ1) is 21.8. The number of para-hydroxylation sites is 1. The van der Waals surface area contributed by atoms with E-state index in [2.05, 4.69) is 20.7 Å². The van der Waals surface area contributed by atoms with E-state index >= 15 is 0 Å². The number of hydrogen-bond acceptors (Lipinski definition) is 5. The molecule has 0 aliphatic heterocycles. The van der Waals surface area contributed by atoms with E-state index in [-0.39, 0.29) is 11.7 Å². The average molecular weight is 462 g/mol. The summed E-state index contributed by atoms with van der Waals surface area (Å²) in [6, 6.07) is 26.9. The minimum Gasteiger partial charge on any atom is -0.272 e. The van der Waals surface area contributed by atoms with Crippen molar-refractivity contribution in [3.05, 3.63) is 95.5 Å². The summed E-state index contributed by atoms with van der Waals surface area (Å²) in [5.41, 5.74) is 6.09. The molecule has 160 valence electrons. The van der Waals surface area contributed by atoms with Crippen LogP contribution < -0.4 is 5.43 Å². The van der Waals surface area contributed by atoms with Crippen molar-refractivity contribution in [2.45, 2.75) is 12.1 Å². The van der Waals surface area contributed by atoms with Gasteiger partial charge in [-0.1, -0.05) is 71.9 Å². The molecule has 1 amide bonds. The van der Waals surface area contributed by atoms with E-state index in [1.165, 1.54) is 11.8 Å². The second kappa shape index (κ2) is 10.3. The van der Waals surface area contributed by atoms with Crippen LogP contribution in [0.25, 0.3) is 17.1 Å². The number of aromatic nitrogens is 3. The molecule has 4 rings (SSSR count). The summed E-state index contributed by atoms with van der Waals surface area (Å²) >= 11 is 7.33. The highest BCUT2D eigenvalue weighted by Gasteiger charge is 2.17. The lowest BCUT2D eigenvalue weighted by Gasteiger charge is -2.10. The monoisotopic (exact) mass is 461 g/mol. The van der Waals surface area contributed by atoms with Gasteiger partial charge in [0, 0.05) is 16.3 Å². The maximum atomic E-state index is 12.4. The Bertz CT molecular complexity index is 1220. The van der Waals surface area contributed by atoms with Crippen molar-refractivity contribution in [3.63, 3.8) is 0 Å². The highest BCUT2D eigenvalue weighted by molar-refractivity contribution is 7.99. The first-order valence-corrected chi connectivity index (χ1v) is 11.3. The number of halogens is 1. The molecule has 0 atom stereocenters. The quantitative estimate of drug-likeness (QED) is 0.232. The van der Waals surface area contributed by atoms with Gasteiger partial charge >= 0.3 is 0 Å². The predicted octanol–water partition coefficient (Wildman–Crippen LogP) is 5.22. The van der Waals surface area contributed by atoms with E-state index in [0.717, 1.165) is 22.5 Å². The summed E-state index contributed by atoms with van der Waals surface area (Å²) in [5, 5.41) is 14.2. The summed E-state index contributed by atoms with van der Waals surface area (Å²) in [5.74, 6) is 0.603. The Hall–Kier alpha value is -3.42. The smallest absolute Gasteiger partial charge is 0.250 e. The first-order chi connectivity index (χ1) is 15.6. The summed E-state index contributed by atoms with van der Waals surface area (Å²) in [6.45, 7) is 1.85. The Labute approximate surface area is 195 Å². The van der Waals surface area contributed by atoms with Crippen LogP contribution in [-0.4, -0.2) is 32.1 Å². The molecule has 0 bridgehead atoms. The lowest BCUT2D eigenvalue weighted by atomic mass is 10.1. The minimum absolute atomic E-state index is 0.150. The van der Waals surface area contributed by atoms with Gasteiger partial charge in [0.2, 0.25) is 0 Å². The van der Waals surface area contributed by atoms with E-state index in [4.69, 9.17) is 11.6 Å². The Balaban J connectivity index is 1.52. The topological polar surface area (TPSA) is 72.2 Å². The van der Waals surface area contributed by atoms with E-state index < -0.39 is 0 Å². The molecule has 0 aliphatic rings. The van der Waals surface area contributed by atoms with Gasteiger partial charge in [-0.15, -0.1) is 10.2 Å². The van der Waals surface area contributed by atoms with Crippen LogP contribution in [0, 0.1) is 0 Å². The van der Waals surface area contributed by atoms with E-state index in [1.807, 2.05) is 96.4 Å². The molecule has 0 fully saturated rings. The standard InChI is InChI=1S/C24H20ClN5OS/c1-17(18-8-4-2-5-9-18)26-27-22(31)16-32-24-29-28-23(19-12-14-20(25)15-13-19)30(24)21-10-6-3-7-11-21/h2-15H,16H2,1H3,(H,27,31)/b26-17+. The number of nitrogens with one attached hydrogen (secondary N) is 1. The minimum atomic E-state index is -0.221. The summed E-state index contributed by atoms with van der Waals surface area (Å²) < 4.78 is 1.93. The van der Waals surface area contributed by atoms with Crippen LogP contribution in [0.15, 0.2) is 95.2 Å². The number of benzene rings is 3. The number of carbonyl (C=O) groups is 1. The second-order valence-corrected chi connectivity index (χ2v) is 8.25. The van der Waals surface area contributed by atoms with Gasteiger partial charge in [0.15, 0.2) is 11.0 Å². The molecule has 0 aliphatic carbocycles. The largest absolute Gasteiger partial charge is 0.272 e. The van der Waals surface area contributed by atoms with Crippen molar-refractivity contribution in [1.82, 2.24) is 20.2 Å². The van der Waals surface area contributed by atoms with Crippen molar-refractivity contribution >= 4 is 35.0 Å². The van der Waals surface area contributed by atoms with Gasteiger partial charge < -0.3 is 0 Å². The van der Waals surface area contributed by atoms with E-state index in [9.17, 15) is 4.79 Å². The molecule has 0 radical (unpaired) electrons. The number of hydrogen-bond donors (Lipinski definition) is 1. The number of rotatable bonds is 7. The van der Waals surface area contributed by atoms with E-state index in [1.54, 1.807) is 0 Å². The maximum absolute atomic E-state index is 12.4. The number of thioether (sulfide) groups is 1. The van der Waals surface area contributed by atoms with Crippen molar-refractivity contribution < 1.29 is 4.79 Å². The summed E-state index contributed by atoms with van der Waals surface area (Å²) in [4.78, 5) is 12.4. The molecule has 0 saturated carbocycles. The molecule has 3 aromatic carbocycles. The van der Waals surface area contributed by atoms with Crippen LogP contribution >= 0.6 is 23.4 Å². The van der Waals surface area contributed by atoms with Crippen molar-refractivity contribution in [2.75, 3.05) is 5.75 Å². The molecule has 0 unspecified atom stereocenters. The zero-order chi connectivity index (χ0) is 22.3. The third-order valence-corrected chi connectivity index (χ3v) is 5.80. The normalized spacial score (nSPS) is 11.4. The van der Waals surface area contributed by atoms with Crippen LogP contribution in [0.4, 0.5) is 0 Å². The third kappa shape index (κ3) is 5.25. The number of nitrogens with zero attached hydrogens (tertiary/aromatic N) is 4. The highest BCUT2D eigenvalue weighted by atomic mass is 35.5. The molecule has 0 saturated heterocycles. The molecule has 32 heavy (non-hydrogen) atoms. The average Bonchev–Trinajstić information content (AvgIpc) is 3.26. The zero-order valence-electron chi connectivity index (χ0n) is 17.3. The van der Waals surface area contributed by atoms with Crippen molar-refractivity contribution in [3.8, 4) is 17.1 Å². The van der Waals surface area contributed by atoms with Gasteiger partial charge in [0.1, 0.15) is 0 Å². The molecule has 4 aromatic rings. The Kier molecular flexibility index (Phi) is 6.99. The van der Waals surface area contributed by atoms with Crippen LogP contribution in [0.5, 0.6) is 0 Å². The van der Waals surface area contributed by atoms with Crippen LogP contribution in [-0.2, 0) is 4.79 Å². The van der Waals surface area contributed by atoms with Gasteiger partial charge in [-0.2, -0.15) is 5.10 Å². The fourth-order valence-electron chi connectivity index (χ4n) is 3.01. The number of carbonyl (C=O) groups excluding carboxylic acids is 1. The van der Waals surface area contributed by atoms with Crippen LogP contribution in [0.1, 0.15) is 12.5 Å². The highest BCUT2D eigenvalue weighted by Crippen LogP contribution is 2.28. The molecule has 1 heterocycles. The van der Waals surface area contributed by atoms with Crippen molar-refractivity contribution in [1.29, 1.82) is 0 Å². The van der Waals surface area contributed by atoms with Gasteiger partial charge in [0.25, 0.3) is 5.91 Å². The lowest BCUT2D eigenvalue weighted by Crippen LogP contribution is -2.21. The van der Waals surface area contributed by atoms with Crippen LogP contribution in [0.3, 0.4) is 0 Å². The molecular formula is C24H20ClN5OS. The van der Waals surface area contributed by atoms with Gasteiger partial charge in [-0.05, 0) is 48.9 Å². The summed E-state index contributed by atoms with van der Waals surface area (Å²) in [6.07, 6.45) is 0. The first-order valence-electron chi connectivity index (χ1n) is 9.90. The van der Waals surface area contributed by atoms with Crippen LogP contribution in [0.2, 0.25) is 5.02 Å². The number of amides is 1. The fourth-order valence-corrected chi connectivity index (χ4v) is 3.88. The molecule has 1 aromatic heterocycles. The molecule has 1 N–H and O–H groups in total. The zero-order valence-corrected chi connectivity index (χ0v) is 18.8.